The first kappa shape index (κ1) is 20.1. The van der Waals surface area contributed by atoms with Crippen molar-refractivity contribution in [2.75, 3.05) is 26.6 Å². The highest BCUT2D eigenvalue weighted by Gasteiger charge is 2.31. The maximum atomic E-state index is 13.2. The van der Waals surface area contributed by atoms with Gasteiger partial charge in [-0.2, -0.15) is 0 Å². The molecule has 152 valence electrons. The smallest absolute Gasteiger partial charge is 0.319 e. The van der Waals surface area contributed by atoms with Crippen LogP contribution in [-0.2, 0) is 4.79 Å². The van der Waals surface area contributed by atoms with Gasteiger partial charge in [-0.3, -0.25) is 4.79 Å². The Morgan fingerprint density at radius 3 is 2.41 bits per heavy atom. The number of ether oxygens (including phenoxy) is 3. The fraction of sp³-hybridized carbons (Fsp3) is 0.238. The van der Waals surface area contributed by atoms with Crippen molar-refractivity contribution in [3.63, 3.8) is 0 Å². The number of rotatable bonds is 6. The van der Waals surface area contributed by atoms with Crippen LogP contribution < -0.4 is 30.2 Å². The molecule has 3 N–H and O–H groups in total. The third-order valence-corrected chi connectivity index (χ3v) is 4.60. The van der Waals surface area contributed by atoms with E-state index in [4.69, 9.17) is 14.2 Å². The lowest BCUT2D eigenvalue weighted by atomic mass is 9.94. The zero-order valence-corrected chi connectivity index (χ0v) is 16.7. The van der Waals surface area contributed by atoms with Gasteiger partial charge in [-0.25, -0.2) is 4.79 Å². The average molecular weight is 397 g/mol. The van der Waals surface area contributed by atoms with Crippen molar-refractivity contribution >= 4 is 17.6 Å². The van der Waals surface area contributed by atoms with Crippen molar-refractivity contribution in [3.05, 3.63) is 59.3 Å². The van der Waals surface area contributed by atoms with Gasteiger partial charge in [0.15, 0.2) is 0 Å². The summed E-state index contributed by atoms with van der Waals surface area (Å²) in [4.78, 5) is 25.3. The van der Waals surface area contributed by atoms with Crippen LogP contribution in [-0.4, -0.2) is 33.3 Å². The molecular formula is C21H23N3O5. The van der Waals surface area contributed by atoms with Gasteiger partial charge in [0.2, 0.25) is 0 Å². The fourth-order valence-corrected chi connectivity index (χ4v) is 3.17. The highest BCUT2D eigenvalue weighted by Crippen LogP contribution is 2.33. The number of carbonyl (C=O) groups excluding carboxylic acids is 2. The molecule has 1 heterocycles. The molecule has 1 atom stereocenters. The number of benzene rings is 2. The summed E-state index contributed by atoms with van der Waals surface area (Å²) in [6.45, 7) is 1.68. The van der Waals surface area contributed by atoms with Gasteiger partial charge in [0.05, 0.1) is 38.6 Å². The predicted molar refractivity (Wildman–Crippen MR) is 108 cm³/mol. The Labute approximate surface area is 168 Å². The van der Waals surface area contributed by atoms with Crippen LogP contribution in [0.15, 0.2) is 53.7 Å². The molecule has 3 rings (SSSR count). The SMILES string of the molecule is COc1cccc([C@@H]2NC(=O)NC(C)=C2C(=O)Nc2cc(OC)ccc2OC)c1. The Morgan fingerprint density at radius 2 is 1.72 bits per heavy atom. The van der Waals surface area contributed by atoms with E-state index in [9.17, 15) is 9.59 Å². The summed E-state index contributed by atoms with van der Waals surface area (Å²) >= 11 is 0. The van der Waals surface area contributed by atoms with Crippen molar-refractivity contribution in [1.82, 2.24) is 10.6 Å². The predicted octanol–water partition coefficient (Wildman–Crippen LogP) is 2.98. The molecule has 0 saturated heterocycles. The molecule has 0 unspecified atom stereocenters. The van der Waals surface area contributed by atoms with E-state index in [1.807, 2.05) is 6.07 Å². The molecule has 1 aliphatic rings. The molecule has 0 aliphatic carbocycles. The summed E-state index contributed by atoms with van der Waals surface area (Å²) in [5.74, 6) is 1.31. The van der Waals surface area contributed by atoms with Gasteiger partial charge < -0.3 is 30.2 Å². The third-order valence-electron chi connectivity index (χ3n) is 4.60. The lowest BCUT2D eigenvalue weighted by Crippen LogP contribution is -2.46. The zero-order valence-electron chi connectivity index (χ0n) is 16.7. The maximum Gasteiger partial charge on any atom is 0.319 e. The van der Waals surface area contributed by atoms with Gasteiger partial charge in [-0.15, -0.1) is 0 Å². The molecule has 8 heteroatoms. The van der Waals surface area contributed by atoms with Gasteiger partial charge in [0.1, 0.15) is 17.2 Å². The minimum Gasteiger partial charge on any atom is -0.497 e. The summed E-state index contributed by atoms with van der Waals surface area (Å²) < 4.78 is 15.8. The molecule has 8 nitrogen and oxygen atoms in total. The van der Waals surface area contributed by atoms with Gasteiger partial charge in [-0.1, -0.05) is 12.1 Å². The standard InChI is InChI=1S/C21H23N3O5/c1-12-18(20(25)23-16-11-15(28-3)8-9-17(16)29-4)19(24-21(26)22-12)13-6-5-7-14(10-13)27-2/h5-11,19H,1-4H3,(H,23,25)(H2,22,24,26)/t19-/m0/s1. The summed E-state index contributed by atoms with van der Waals surface area (Å²) in [6, 6.07) is 11.3. The van der Waals surface area contributed by atoms with Gasteiger partial charge in [0, 0.05) is 11.8 Å². The number of methoxy groups -OCH3 is 3. The fourth-order valence-electron chi connectivity index (χ4n) is 3.17. The molecule has 2 aromatic rings. The van der Waals surface area contributed by atoms with Crippen LogP contribution in [0.25, 0.3) is 0 Å². The van der Waals surface area contributed by atoms with Gasteiger partial charge in [0.25, 0.3) is 5.91 Å². The normalized spacial score (nSPS) is 15.9. The first-order valence-electron chi connectivity index (χ1n) is 8.92. The summed E-state index contributed by atoms with van der Waals surface area (Å²) in [5.41, 5.74) is 2.02. The first-order chi connectivity index (χ1) is 14.0. The van der Waals surface area contributed by atoms with E-state index in [1.54, 1.807) is 57.5 Å². The van der Waals surface area contributed by atoms with Crippen LogP contribution in [0.3, 0.4) is 0 Å². The average Bonchev–Trinajstić information content (AvgIpc) is 2.72. The minimum absolute atomic E-state index is 0.378. The van der Waals surface area contributed by atoms with Crippen LogP contribution in [0.5, 0.6) is 17.2 Å². The number of allylic oxidation sites excluding steroid dienone is 1. The molecule has 3 amide bonds. The van der Waals surface area contributed by atoms with Gasteiger partial charge >= 0.3 is 6.03 Å². The van der Waals surface area contributed by atoms with Crippen LogP contribution in [0.2, 0.25) is 0 Å². The van der Waals surface area contributed by atoms with E-state index in [1.165, 1.54) is 7.11 Å². The van der Waals surface area contributed by atoms with E-state index < -0.39 is 6.04 Å². The number of hydrogen-bond acceptors (Lipinski definition) is 5. The van der Waals surface area contributed by atoms with Crippen LogP contribution in [0.4, 0.5) is 10.5 Å². The largest absolute Gasteiger partial charge is 0.497 e. The Balaban J connectivity index is 1.98. The Kier molecular flexibility index (Phi) is 5.92. The summed E-state index contributed by atoms with van der Waals surface area (Å²) in [6.07, 6.45) is 0. The second kappa shape index (κ2) is 8.55. The van der Waals surface area contributed by atoms with Crippen molar-refractivity contribution in [3.8, 4) is 17.2 Å². The van der Waals surface area contributed by atoms with E-state index in [0.29, 0.717) is 34.2 Å². The van der Waals surface area contributed by atoms with Crippen LogP contribution >= 0.6 is 0 Å². The second-order valence-corrected chi connectivity index (χ2v) is 6.37. The van der Waals surface area contributed by atoms with E-state index in [-0.39, 0.29) is 11.9 Å². The minimum atomic E-state index is -0.643. The number of hydrogen-bond donors (Lipinski definition) is 3. The lowest BCUT2D eigenvalue weighted by molar-refractivity contribution is -0.113. The van der Waals surface area contributed by atoms with Crippen LogP contribution in [0, 0.1) is 0 Å². The topological polar surface area (TPSA) is 97.9 Å². The molecule has 0 aromatic heterocycles. The maximum absolute atomic E-state index is 13.2. The molecule has 0 spiro atoms. The molecule has 0 fully saturated rings. The Hall–Kier alpha value is -3.68. The van der Waals surface area contributed by atoms with Crippen molar-refractivity contribution in [2.45, 2.75) is 13.0 Å². The number of carbonyl (C=O) groups is 2. The molecular weight excluding hydrogens is 374 g/mol. The first-order valence-corrected chi connectivity index (χ1v) is 8.92. The quantitative estimate of drug-likeness (QED) is 0.696. The van der Waals surface area contributed by atoms with Crippen LogP contribution in [0.1, 0.15) is 18.5 Å². The Bertz CT molecular complexity index is 971. The van der Waals surface area contributed by atoms with Crippen molar-refractivity contribution < 1.29 is 23.8 Å². The molecule has 0 bridgehead atoms. The van der Waals surface area contributed by atoms with Crippen molar-refractivity contribution in [2.24, 2.45) is 0 Å². The Morgan fingerprint density at radius 1 is 1.00 bits per heavy atom. The second-order valence-electron chi connectivity index (χ2n) is 6.37. The van der Waals surface area contributed by atoms with Gasteiger partial charge in [-0.05, 0) is 36.8 Å². The third kappa shape index (κ3) is 4.26. The lowest BCUT2D eigenvalue weighted by Gasteiger charge is -2.29. The van der Waals surface area contributed by atoms with E-state index in [2.05, 4.69) is 16.0 Å². The monoisotopic (exact) mass is 397 g/mol. The number of urea groups is 1. The molecule has 29 heavy (non-hydrogen) atoms. The molecule has 2 aromatic carbocycles. The van der Waals surface area contributed by atoms with E-state index in [0.717, 1.165) is 5.56 Å². The number of anilines is 1. The van der Waals surface area contributed by atoms with Crippen molar-refractivity contribution in [1.29, 1.82) is 0 Å². The summed E-state index contributed by atoms with van der Waals surface area (Å²) in [7, 11) is 4.62. The molecule has 0 saturated carbocycles. The number of nitrogens with one attached hydrogen (secondary N) is 3. The molecule has 0 radical (unpaired) electrons. The summed E-state index contributed by atoms with van der Waals surface area (Å²) in [5, 5.41) is 8.31. The number of amides is 3. The molecule has 1 aliphatic heterocycles. The van der Waals surface area contributed by atoms with E-state index >= 15 is 0 Å². The highest BCUT2D eigenvalue weighted by molar-refractivity contribution is 6.07. The highest BCUT2D eigenvalue weighted by atomic mass is 16.5. The zero-order chi connectivity index (χ0) is 21.0.